The van der Waals surface area contributed by atoms with Crippen molar-refractivity contribution in [3.63, 3.8) is 0 Å². The maximum atomic E-state index is 11.1. The predicted molar refractivity (Wildman–Crippen MR) is 64.7 cm³/mol. The lowest BCUT2D eigenvalue weighted by atomic mass is 10.2. The zero-order valence-electron chi connectivity index (χ0n) is 8.68. The lowest BCUT2D eigenvalue weighted by Gasteiger charge is -2.02. The summed E-state index contributed by atoms with van der Waals surface area (Å²) in [5, 5.41) is 17.3. The quantitative estimate of drug-likeness (QED) is 0.840. The van der Waals surface area contributed by atoms with E-state index in [4.69, 9.17) is 5.11 Å². The summed E-state index contributed by atoms with van der Waals surface area (Å²) in [6.45, 7) is 1.67. The number of aromatic carboxylic acids is 1. The Labute approximate surface area is 105 Å². The summed E-state index contributed by atoms with van der Waals surface area (Å²) in [5.74, 6) is -0.529. The van der Waals surface area contributed by atoms with Crippen LogP contribution in [0.2, 0.25) is 0 Å². The fourth-order valence-corrected chi connectivity index (χ4v) is 1.96. The Bertz CT molecular complexity index is 558. The number of aromatic nitrogens is 4. The van der Waals surface area contributed by atoms with Crippen LogP contribution in [0.3, 0.4) is 0 Å². The number of nitrogens with zero attached hydrogens (tertiary/aromatic N) is 4. The SMILES string of the molecule is Cc1nn(C)c(-n2cc(I)cn2)c1C(=O)O. The minimum absolute atomic E-state index is 0.182. The number of hydrogen-bond acceptors (Lipinski definition) is 3. The predicted octanol–water partition coefficient (Wildman–Crippen LogP) is 1.22. The van der Waals surface area contributed by atoms with Crippen LogP contribution in [0.4, 0.5) is 0 Å². The van der Waals surface area contributed by atoms with Gasteiger partial charge in [-0.15, -0.1) is 0 Å². The van der Waals surface area contributed by atoms with Crippen molar-refractivity contribution in [2.75, 3.05) is 0 Å². The molecule has 0 atom stereocenters. The zero-order valence-corrected chi connectivity index (χ0v) is 10.8. The Hall–Kier alpha value is -1.38. The summed E-state index contributed by atoms with van der Waals surface area (Å²) >= 11 is 2.11. The Kier molecular flexibility index (Phi) is 2.70. The summed E-state index contributed by atoms with van der Waals surface area (Å²) in [6, 6.07) is 0. The Balaban J connectivity index is 2.68. The molecule has 0 spiro atoms. The number of hydrogen-bond donors (Lipinski definition) is 1. The molecule has 0 aliphatic carbocycles. The van der Waals surface area contributed by atoms with Gasteiger partial charge in [-0.1, -0.05) is 0 Å². The van der Waals surface area contributed by atoms with E-state index in [1.807, 2.05) is 0 Å². The zero-order chi connectivity index (χ0) is 11.9. The second-order valence-corrected chi connectivity index (χ2v) is 4.56. The van der Waals surface area contributed by atoms with Crippen molar-refractivity contribution >= 4 is 28.6 Å². The van der Waals surface area contributed by atoms with Crippen LogP contribution in [0.15, 0.2) is 12.4 Å². The molecule has 0 aliphatic heterocycles. The Morgan fingerprint density at radius 2 is 2.25 bits per heavy atom. The number of carboxylic acid groups (broad SMARTS) is 1. The van der Waals surface area contributed by atoms with E-state index in [-0.39, 0.29) is 5.56 Å². The van der Waals surface area contributed by atoms with Gasteiger partial charge in [-0.25, -0.2) is 14.2 Å². The van der Waals surface area contributed by atoms with Gasteiger partial charge in [0.25, 0.3) is 0 Å². The molecule has 84 valence electrons. The van der Waals surface area contributed by atoms with Crippen molar-refractivity contribution in [3.8, 4) is 5.82 Å². The van der Waals surface area contributed by atoms with Crippen LogP contribution in [0.25, 0.3) is 5.82 Å². The van der Waals surface area contributed by atoms with Crippen molar-refractivity contribution in [1.82, 2.24) is 19.6 Å². The van der Waals surface area contributed by atoms with E-state index in [0.29, 0.717) is 11.5 Å². The van der Waals surface area contributed by atoms with Crippen molar-refractivity contribution in [3.05, 3.63) is 27.2 Å². The second kappa shape index (κ2) is 3.89. The van der Waals surface area contributed by atoms with E-state index < -0.39 is 5.97 Å². The van der Waals surface area contributed by atoms with Gasteiger partial charge in [-0.05, 0) is 29.5 Å². The number of aryl methyl sites for hydroxylation is 2. The lowest BCUT2D eigenvalue weighted by molar-refractivity contribution is 0.0696. The van der Waals surface area contributed by atoms with Gasteiger partial charge in [0.15, 0.2) is 5.82 Å². The van der Waals surface area contributed by atoms with Gasteiger partial charge >= 0.3 is 5.97 Å². The molecule has 0 radical (unpaired) electrons. The molecule has 0 aliphatic rings. The van der Waals surface area contributed by atoms with Gasteiger partial charge in [0, 0.05) is 13.2 Å². The molecule has 2 aromatic rings. The highest BCUT2D eigenvalue weighted by Gasteiger charge is 2.21. The van der Waals surface area contributed by atoms with Crippen LogP contribution in [0.1, 0.15) is 16.1 Å². The molecule has 0 aromatic carbocycles. The van der Waals surface area contributed by atoms with Crippen molar-refractivity contribution in [1.29, 1.82) is 0 Å². The first-order valence-electron chi connectivity index (χ1n) is 4.48. The molecule has 0 bridgehead atoms. The first kappa shape index (κ1) is 11.1. The van der Waals surface area contributed by atoms with Gasteiger partial charge in [-0.3, -0.25) is 0 Å². The summed E-state index contributed by atoms with van der Waals surface area (Å²) in [4.78, 5) is 11.1. The van der Waals surface area contributed by atoms with Gasteiger partial charge < -0.3 is 5.11 Å². The largest absolute Gasteiger partial charge is 0.477 e. The molecule has 0 fully saturated rings. The van der Waals surface area contributed by atoms with Crippen molar-refractivity contribution in [2.24, 2.45) is 7.05 Å². The molecular weight excluding hydrogens is 323 g/mol. The summed E-state index contributed by atoms with van der Waals surface area (Å²) in [6.07, 6.45) is 3.41. The molecule has 2 rings (SSSR count). The topological polar surface area (TPSA) is 72.9 Å². The van der Waals surface area contributed by atoms with E-state index in [2.05, 4.69) is 32.8 Å². The van der Waals surface area contributed by atoms with Crippen LogP contribution < -0.4 is 0 Å². The van der Waals surface area contributed by atoms with Crippen LogP contribution >= 0.6 is 22.6 Å². The number of halogens is 1. The molecule has 6 nitrogen and oxygen atoms in total. The maximum absolute atomic E-state index is 11.1. The highest BCUT2D eigenvalue weighted by atomic mass is 127. The minimum atomic E-state index is -0.994. The molecule has 16 heavy (non-hydrogen) atoms. The molecule has 0 saturated heterocycles. The summed E-state index contributed by atoms with van der Waals surface area (Å²) in [7, 11) is 1.70. The molecule has 1 N–H and O–H groups in total. The standard InChI is InChI=1S/C9H9IN4O2/c1-5-7(9(15)16)8(13(2)12-5)14-4-6(10)3-11-14/h3-4H,1-2H3,(H,15,16). The summed E-state index contributed by atoms with van der Waals surface area (Å²) < 4.78 is 3.97. The summed E-state index contributed by atoms with van der Waals surface area (Å²) in [5.41, 5.74) is 0.664. The Morgan fingerprint density at radius 3 is 2.75 bits per heavy atom. The molecule has 0 unspecified atom stereocenters. The number of carbonyl (C=O) groups is 1. The lowest BCUT2D eigenvalue weighted by Crippen LogP contribution is -2.08. The number of rotatable bonds is 2. The highest BCUT2D eigenvalue weighted by Crippen LogP contribution is 2.18. The fraction of sp³-hybridized carbons (Fsp3) is 0.222. The molecule has 2 aromatic heterocycles. The third kappa shape index (κ3) is 1.70. The fourth-order valence-electron chi connectivity index (χ4n) is 1.58. The molecular formula is C9H9IN4O2. The second-order valence-electron chi connectivity index (χ2n) is 3.32. The van der Waals surface area contributed by atoms with E-state index in [1.165, 1.54) is 9.36 Å². The molecule has 7 heteroatoms. The third-order valence-corrected chi connectivity index (χ3v) is 2.73. The van der Waals surface area contributed by atoms with Gasteiger partial charge in [0.05, 0.1) is 15.5 Å². The smallest absolute Gasteiger partial charge is 0.341 e. The van der Waals surface area contributed by atoms with Crippen LogP contribution in [-0.2, 0) is 7.05 Å². The van der Waals surface area contributed by atoms with Gasteiger partial charge in [-0.2, -0.15) is 10.2 Å². The molecule has 0 amide bonds. The average Bonchev–Trinajstić information content (AvgIpc) is 2.69. The van der Waals surface area contributed by atoms with Crippen LogP contribution in [-0.4, -0.2) is 30.6 Å². The molecule has 2 heterocycles. The van der Waals surface area contributed by atoms with E-state index in [9.17, 15) is 4.79 Å². The monoisotopic (exact) mass is 332 g/mol. The van der Waals surface area contributed by atoms with Gasteiger partial charge in [0.2, 0.25) is 0 Å². The highest BCUT2D eigenvalue weighted by molar-refractivity contribution is 14.1. The maximum Gasteiger partial charge on any atom is 0.341 e. The Morgan fingerprint density at radius 1 is 1.56 bits per heavy atom. The first-order valence-corrected chi connectivity index (χ1v) is 5.56. The molecule has 0 saturated carbocycles. The number of carboxylic acids is 1. The van der Waals surface area contributed by atoms with E-state index in [1.54, 1.807) is 26.4 Å². The van der Waals surface area contributed by atoms with Crippen molar-refractivity contribution in [2.45, 2.75) is 6.92 Å². The minimum Gasteiger partial charge on any atom is -0.477 e. The van der Waals surface area contributed by atoms with E-state index >= 15 is 0 Å². The van der Waals surface area contributed by atoms with Gasteiger partial charge in [0.1, 0.15) is 5.56 Å². The first-order chi connectivity index (χ1) is 7.50. The van der Waals surface area contributed by atoms with Crippen molar-refractivity contribution < 1.29 is 9.90 Å². The van der Waals surface area contributed by atoms with Crippen LogP contribution in [0, 0.1) is 10.5 Å². The van der Waals surface area contributed by atoms with E-state index in [0.717, 1.165) is 3.57 Å². The van der Waals surface area contributed by atoms with Crippen LogP contribution in [0.5, 0.6) is 0 Å². The third-order valence-electron chi connectivity index (χ3n) is 2.17. The average molecular weight is 332 g/mol. The normalized spacial score (nSPS) is 10.7.